The molecule has 2 aromatic heterocycles. The minimum atomic E-state index is 0.152. The van der Waals surface area contributed by atoms with Gasteiger partial charge in [-0.2, -0.15) is 0 Å². The maximum atomic E-state index is 4.56. The molecule has 0 fully saturated rings. The van der Waals surface area contributed by atoms with Crippen LogP contribution in [0.5, 0.6) is 0 Å². The molecule has 1 aliphatic heterocycles. The molecule has 1 aromatic carbocycles. The number of rotatable bonds is 3. The zero-order chi connectivity index (χ0) is 19.7. The van der Waals surface area contributed by atoms with Crippen molar-refractivity contribution in [1.29, 1.82) is 0 Å². The van der Waals surface area contributed by atoms with E-state index in [1.165, 1.54) is 16.7 Å². The Hall–Kier alpha value is -2.95. The van der Waals surface area contributed by atoms with E-state index in [9.17, 15) is 0 Å². The second-order valence-electron chi connectivity index (χ2n) is 8.42. The van der Waals surface area contributed by atoms with Crippen LogP contribution < -0.4 is 10.2 Å². The van der Waals surface area contributed by atoms with Crippen molar-refractivity contribution in [3.63, 3.8) is 0 Å². The first-order valence-electron chi connectivity index (χ1n) is 9.79. The highest BCUT2D eigenvalue weighted by Crippen LogP contribution is 2.29. The van der Waals surface area contributed by atoms with Crippen molar-refractivity contribution >= 4 is 17.3 Å². The van der Waals surface area contributed by atoms with Gasteiger partial charge in [-0.3, -0.25) is 0 Å². The van der Waals surface area contributed by atoms with Crippen LogP contribution in [0.4, 0.5) is 17.3 Å². The predicted molar refractivity (Wildman–Crippen MR) is 114 cm³/mol. The van der Waals surface area contributed by atoms with Crippen molar-refractivity contribution in [1.82, 2.24) is 15.0 Å². The van der Waals surface area contributed by atoms with Gasteiger partial charge in [-0.1, -0.05) is 39.0 Å². The summed E-state index contributed by atoms with van der Waals surface area (Å²) in [6, 6.07) is 12.7. The summed E-state index contributed by atoms with van der Waals surface area (Å²) >= 11 is 0. The highest BCUT2D eigenvalue weighted by atomic mass is 15.2. The third-order valence-electron chi connectivity index (χ3n) is 5.30. The summed E-state index contributed by atoms with van der Waals surface area (Å²) in [5.74, 6) is 1.95. The number of anilines is 3. The molecule has 28 heavy (non-hydrogen) atoms. The standard InChI is InChI=1S/C23H27N5/c1-16-6-5-12-24-22(16)28-13-11-19-20(14-28)25-15-26-21(19)27-18-9-7-17(8-10-18)23(2,3)4/h5-10,12,15H,11,13-14H2,1-4H3,(H,25,26,27). The summed E-state index contributed by atoms with van der Waals surface area (Å²) in [7, 11) is 0. The van der Waals surface area contributed by atoms with Crippen LogP contribution in [0.1, 0.15) is 43.2 Å². The van der Waals surface area contributed by atoms with Gasteiger partial charge in [0, 0.05) is 24.0 Å². The Morgan fingerprint density at radius 1 is 1.00 bits per heavy atom. The van der Waals surface area contributed by atoms with Crippen LogP contribution in [0.3, 0.4) is 0 Å². The first-order valence-corrected chi connectivity index (χ1v) is 9.79. The average molecular weight is 374 g/mol. The van der Waals surface area contributed by atoms with Gasteiger partial charge in [0.1, 0.15) is 18.0 Å². The van der Waals surface area contributed by atoms with Gasteiger partial charge >= 0.3 is 0 Å². The van der Waals surface area contributed by atoms with Crippen molar-refractivity contribution in [2.75, 3.05) is 16.8 Å². The molecule has 0 radical (unpaired) electrons. The van der Waals surface area contributed by atoms with Crippen LogP contribution in [0.15, 0.2) is 48.9 Å². The monoisotopic (exact) mass is 373 g/mol. The van der Waals surface area contributed by atoms with Gasteiger partial charge in [0.25, 0.3) is 0 Å². The summed E-state index contributed by atoms with van der Waals surface area (Å²) < 4.78 is 0. The van der Waals surface area contributed by atoms with E-state index in [1.807, 2.05) is 12.3 Å². The van der Waals surface area contributed by atoms with E-state index < -0.39 is 0 Å². The molecule has 144 valence electrons. The normalized spacial score (nSPS) is 13.9. The molecule has 0 saturated carbocycles. The molecule has 0 aliphatic carbocycles. The van der Waals surface area contributed by atoms with Crippen LogP contribution in [0, 0.1) is 6.92 Å². The van der Waals surface area contributed by atoms with E-state index in [0.717, 1.165) is 42.5 Å². The molecule has 0 amide bonds. The lowest BCUT2D eigenvalue weighted by Crippen LogP contribution is -2.32. The van der Waals surface area contributed by atoms with Gasteiger partial charge in [0.2, 0.25) is 0 Å². The Bertz CT molecular complexity index is 973. The second kappa shape index (κ2) is 7.23. The lowest BCUT2D eigenvalue weighted by molar-refractivity contribution is 0.590. The Morgan fingerprint density at radius 3 is 2.50 bits per heavy atom. The fraction of sp³-hybridized carbons (Fsp3) is 0.348. The van der Waals surface area contributed by atoms with Crippen molar-refractivity contribution in [2.45, 2.75) is 46.1 Å². The van der Waals surface area contributed by atoms with Gasteiger partial charge < -0.3 is 10.2 Å². The van der Waals surface area contributed by atoms with Crippen molar-refractivity contribution < 1.29 is 0 Å². The lowest BCUT2D eigenvalue weighted by Gasteiger charge is -2.30. The molecule has 4 rings (SSSR count). The lowest BCUT2D eigenvalue weighted by atomic mass is 9.87. The number of benzene rings is 1. The first-order chi connectivity index (χ1) is 13.4. The first kappa shape index (κ1) is 18.4. The highest BCUT2D eigenvalue weighted by molar-refractivity contribution is 5.62. The Morgan fingerprint density at radius 2 is 1.79 bits per heavy atom. The van der Waals surface area contributed by atoms with E-state index in [4.69, 9.17) is 0 Å². The minimum Gasteiger partial charge on any atom is -0.350 e. The summed E-state index contributed by atoms with van der Waals surface area (Å²) in [5, 5.41) is 3.49. The Balaban J connectivity index is 1.56. The van der Waals surface area contributed by atoms with Crippen LogP contribution in [-0.4, -0.2) is 21.5 Å². The molecular formula is C23H27N5. The molecule has 5 heteroatoms. The van der Waals surface area contributed by atoms with Crippen LogP contribution in [0.2, 0.25) is 0 Å². The van der Waals surface area contributed by atoms with Crippen molar-refractivity contribution in [3.8, 4) is 0 Å². The molecule has 5 nitrogen and oxygen atoms in total. The fourth-order valence-electron chi connectivity index (χ4n) is 3.64. The van der Waals surface area contributed by atoms with Gasteiger partial charge in [-0.15, -0.1) is 0 Å². The van der Waals surface area contributed by atoms with E-state index in [1.54, 1.807) is 6.33 Å². The summed E-state index contributed by atoms with van der Waals surface area (Å²) in [6.07, 6.45) is 4.40. The molecule has 0 unspecified atom stereocenters. The Labute approximate surface area is 166 Å². The number of aromatic nitrogens is 3. The number of nitrogens with zero attached hydrogens (tertiary/aromatic N) is 4. The van der Waals surface area contributed by atoms with E-state index in [-0.39, 0.29) is 5.41 Å². The molecule has 0 atom stereocenters. The molecular weight excluding hydrogens is 346 g/mol. The van der Waals surface area contributed by atoms with E-state index in [0.29, 0.717) is 0 Å². The van der Waals surface area contributed by atoms with Crippen LogP contribution >= 0.6 is 0 Å². The minimum absolute atomic E-state index is 0.152. The van der Waals surface area contributed by atoms with Crippen molar-refractivity contribution in [2.24, 2.45) is 0 Å². The topological polar surface area (TPSA) is 53.9 Å². The molecule has 1 N–H and O–H groups in total. The van der Waals surface area contributed by atoms with E-state index in [2.05, 4.69) is 83.2 Å². The third kappa shape index (κ3) is 3.70. The van der Waals surface area contributed by atoms with E-state index >= 15 is 0 Å². The summed E-state index contributed by atoms with van der Waals surface area (Å²) in [4.78, 5) is 15.9. The predicted octanol–water partition coefficient (Wildman–Crippen LogP) is 4.78. The third-order valence-corrected chi connectivity index (χ3v) is 5.30. The second-order valence-corrected chi connectivity index (χ2v) is 8.42. The largest absolute Gasteiger partial charge is 0.350 e. The summed E-state index contributed by atoms with van der Waals surface area (Å²) in [6.45, 7) is 10.5. The number of hydrogen-bond acceptors (Lipinski definition) is 5. The fourth-order valence-corrected chi connectivity index (χ4v) is 3.64. The van der Waals surface area contributed by atoms with Gasteiger partial charge in [-0.25, -0.2) is 15.0 Å². The Kier molecular flexibility index (Phi) is 4.75. The van der Waals surface area contributed by atoms with Crippen LogP contribution in [-0.2, 0) is 18.4 Å². The molecule has 3 aromatic rings. The average Bonchev–Trinajstić information content (AvgIpc) is 2.68. The maximum Gasteiger partial charge on any atom is 0.137 e. The molecule has 0 saturated heterocycles. The van der Waals surface area contributed by atoms with Gasteiger partial charge in [0.15, 0.2) is 0 Å². The molecule has 1 aliphatic rings. The number of hydrogen-bond donors (Lipinski definition) is 1. The summed E-state index contributed by atoms with van der Waals surface area (Å²) in [5.41, 5.74) is 5.99. The highest BCUT2D eigenvalue weighted by Gasteiger charge is 2.23. The quantitative estimate of drug-likeness (QED) is 0.716. The number of pyridine rings is 1. The zero-order valence-corrected chi connectivity index (χ0v) is 17.0. The number of fused-ring (bicyclic) bond motifs is 1. The number of aryl methyl sites for hydroxylation is 1. The van der Waals surface area contributed by atoms with Crippen LogP contribution in [0.25, 0.3) is 0 Å². The SMILES string of the molecule is Cc1cccnc1N1CCc2c(ncnc2Nc2ccc(C(C)(C)C)cc2)C1. The van der Waals surface area contributed by atoms with Crippen molar-refractivity contribution in [3.05, 3.63) is 71.3 Å². The smallest absolute Gasteiger partial charge is 0.137 e. The molecule has 0 bridgehead atoms. The molecule has 3 heterocycles. The zero-order valence-electron chi connectivity index (χ0n) is 17.0. The maximum absolute atomic E-state index is 4.56. The number of nitrogens with one attached hydrogen (secondary N) is 1. The molecule has 0 spiro atoms. The van der Waals surface area contributed by atoms with Gasteiger partial charge in [0.05, 0.1) is 12.2 Å². The van der Waals surface area contributed by atoms with Gasteiger partial charge in [-0.05, 0) is 48.1 Å².